The Bertz CT molecular complexity index is 488. The fourth-order valence-electron chi connectivity index (χ4n) is 3.16. The third-order valence-electron chi connectivity index (χ3n) is 4.18. The molecule has 0 aliphatic carbocycles. The molecule has 0 unspecified atom stereocenters. The van der Waals surface area contributed by atoms with Gasteiger partial charge in [0, 0.05) is 17.2 Å². The van der Waals surface area contributed by atoms with Crippen molar-refractivity contribution in [1.29, 1.82) is 0 Å². The Balaban J connectivity index is 0.00000147. The molecule has 1 spiro atoms. The molecule has 4 nitrogen and oxygen atoms in total. The predicted octanol–water partition coefficient (Wildman–Crippen LogP) is 2.23. The maximum Gasteiger partial charge on any atom is 0.249 e. The summed E-state index contributed by atoms with van der Waals surface area (Å²) in [5, 5.41) is 3.35. The normalized spacial score (nSPS) is 21.2. The highest BCUT2D eigenvalue weighted by atomic mass is 79.9. The van der Waals surface area contributed by atoms with E-state index in [1.165, 1.54) is 0 Å². The number of anilines is 1. The lowest BCUT2D eigenvalue weighted by molar-refractivity contribution is -0.131. The van der Waals surface area contributed by atoms with Crippen LogP contribution >= 0.6 is 28.3 Å². The largest absolute Gasteiger partial charge is 0.339 e. The smallest absolute Gasteiger partial charge is 0.249 e. The summed E-state index contributed by atoms with van der Waals surface area (Å²) < 4.78 is 1.06. The van der Waals surface area contributed by atoms with Gasteiger partial charge >= 0.3 is 0 Å². The van der Waals surface area contributed by atoms with Crippen molar-refractivity contribution in [2.45, 2.75) is 18.4 Å². The zero-order valence-corrected chi connectivity index (χ0v) is 13.8. The molecule has 0 aromatic heterocycles. The molecule has 110 valence electrons. The van der Waals surface area contributed by atoms with Crippen molar-refractivity contribution < 1.29 is 4.79 Å². The van der Waals surface area contributed by atoms with E-state index in [9.17, 15) is 4.79 Å². The van der Waals surface area contributed by atoms with Crippen LogP contribution in [0.3, 0.4) is 0 Å². The van der Waals surface area contributed by atoms with Crippen molar-refractivity contribution in [3.63, 3.8) is 0 Å². The minimum atomic E-state index is -0.339. The fraction of sp³-hybridized carbons (Fsp3) is 0.500. The maximum atomic E-state index is 12.6. The van der Waals surface area contributed by atoms with Gasteiger partial charge < -0.3 is 15.1 Å². The van der Waals surface area contributed by atoms with Gasteiger partial charge in [0.1, 0.15) is 5.54 Å². The van der Waals surface area contributed by atoms with Gasteiger partial charge in [0.15, 0.2) is 0 Å². The summed E-state index contributed by atoms with van der Waals surface area (Å²) in [6, 6.07) is 8.24. The van der Waals surface area contributed by atoms with Gasteiger partial charge in [-0.3, -0.25) is 4.79 Å². The van der Waals surface area contributed by atoms with Gasteiger partial charge in [-0.15, -0.1) is 12.4 Å². The quantitative estimate of drug-likeness (QED) is 0.834. The fourth-order valence-corrected chi connectivity index (χ4v) is 3.42. The second kappa shape index (κ2) is 5.92. The number of nitrogens with zero attached hydrogens (tertiary/aromatic N) is 2. The molecule has 20 heavy (non-hydrogen) atoms. The number of halogens is 2. The first-order valence-electron chi connectivity index (χ1n) is 6.63. The van der Waals surface area contributed by atoms with Gasteiger partial charge in [0.05, 0.1) is 6.67 Å². The summed E-state index contributed by atoms with van der Waals surface area (Å²) in [5.41, 5.74) is 0.788. The van der Waals surface area contributed by atoms with Crippen molar-refractivity contribution in [3.8, 4) is 0 Å². The minimum absolute atomic E-state index is 0. The van der Waals surface area contributed by atoms with Gasteiger partial charge in [-0.2, -0.15) is 0 Å². The number of rotatable bonds is 1. The van der Waals surface area contributed by atoms with E-state index in [0.29, 0.717) is 6.67 Å². The second-order valence-electron chi connectivity index (χ2n) is 5.33. The van der Waals surface area contributed by atoms with Crippen LogP contribution in [0.1, 0.15) is 12.8 Å². The number of hydrogen-bond donors (Lipinski definition) is 1. The van der Waals surface area contributed by atoms with Gasteiger partial charge in [-0.1, -0.05) is 15.9 Å². The number of piperidine rings is 1. The van der Waals surface area contributed by atoms with Crippen molar-refractivity contribution in [2.24, 2.45) is 0 Å². The summed E-state index contributed by atoms with van der Waals surface area (Å²) in [6.07, 6.45) is 1.76. The molecule has 2 aliphatic rings. The van der Waals surface area contributed by atoms with Gasteiger partial charge in [-0.05, 0) is 50.2 Å². The van der Waals surface area contributed by atoms with E-state index in [-0.39, 0.29) is 23.9 Å². The first kappa shape index (κ1) is 15.6. The van der Waals surface area contributed by atoms with E-state index in [2.05, 4.69) is 38.3 Å². The van der Waals surface area contributed by atoms with E-state index in [1.807, 2.05) is 24.1 Å². The molecular weight excluding hydrogens is 342 g/mol. The molecule has 2 aliphatic heterocycles. The monoisotopic (exact) mass is 359 g/mol. The predicted molar refractivity (Wildman–Crippen MR) is 86.3 cm³/mol. The zero-order valence-electron chi connectivity index (χ0n) is 11.4. The van der Waals surface area contributed by atoms with Crippen molar-refractivity contribution in [3.05, 3.63) is 28.7 Å². The third kappa shape index (κ3) is 2.43. The van der Waals surface area contributed by atoms with E-state index in [4.69, 9.17) is 0 Å². The number of carbonyl (C=O) groups is 1. The van der Waals surface area contributed by atoms with Crippen LogP contribution in [0.2, 0.25) is 0 Å². The van der Waals surface area contributed by atoms with Crippen LogP contribution < -0.4 is 10.2 Å². The van der Waals surface area contributed by atoms with Crippen molar-refractivity contribution >= 4 is 39.9 Å². The standard InChI is InChI=1S/C14H18BrN3O.ClH/c1-17-10-18(12-4-2-11(15)3-5-12)14(13(17)19)6-8-16-9-7-14;/h2-5,16H,6-10H2,1H3;1H. The zero-order chi connectivity index (χ0) is 13.5. The number of benzene rings is 1. The van der Waals surface area contributed by atoms with Gasteiger partial charge in [0.2, 0.25) is 5.91 Å². The number of nitrogens with one attached hydrogen (secondary N) is 1. The first-order valence-corrected chi connectivity index (χ1v) is 7.42. The Morgan fingerprint density at radius 3 is 2.40 bits per heavy atom. The van der Waals surface area contributed by atoms with E-state index >= 15 is 0 Å². The summed E-state index contributed by atoms with van der Waals surface area (Å²) in [6.45, 7) is 2.50. The average molecular weight is 361 g/mol. The van der Waals surface area contributed by atoms with Crippen LogP contribution in [-0.4, -0.2) is 43.2 Å². The Morgan fingerprint density at radius 2 is 1.80 bits per heavy atom. The molecule has 1 amide bonds. The average Bonchev–Trinajstić information content (AvgIpc) is 2.66. The molecule has 2 fully saturated rings. The van der Waals surface area contributed by atoms with Crippen molar-refractivity contribution in [1.82, 2.24) is 10.2 Å². The molecule has 1 aromatic rings. The Morgan fingerprint density at radius 1 is 1.20 bits per heavy atom. The highest BCUT2D eigenvalue weighted by molar-refractivity contribution is 9.10. The molecule has 2 heterocycles. The van der Waals surface area contributed by atoms with Crippen molar-refractivity contribution in [2.75, 3.05) is 31.7 Å². The molecule has 0 bridgehead atoms. The van der Waals surface area contributed by atoms with Crippen LogP contribution in [-0.2, 0) is 4.79 Å². The van der Waals surface area contributed by atoms with E-state index < -0.39 is 0 Å². The highest BCUT2D eigenvalue weighted by Gasteiger charge is 2.51. The Hall–Kier alpha value is -0.780. The number of carbonyl (C=O) groups excluding carboxylic acids is 1. The van der Waals surface area contributed by atoms with Crippen LogP contribution in [0.4, 0.5) is 5.69 Å². The number of hydrogen-bond acceptors (Lipinski definition) is 3. The molecule has 0 atom stereocenters. The van der Waals surface area contributed by atoms with Crippen LogP contribution in [0, 0.1) is 0 Å². The summed E-state index contributed by atoms with van der Waals surface area (Å²) in [4.78, 5) is 16.7. The molecule has 1 aromatic carbocycles. The van der Waals surface area contributed by atoms with E-state index in [0.717, 1.165) is 36.1 Å². The van der Waals surface area contributed by atoms with Crippen LogP contribution in [0.25, 0.3) is 0 Å². The molecule has 0 saturated carbocycles. The van der Waals surface area contributed by atoms with E-state index in [1.54, 1.807) is 0 Å². The second-order valence-corrected chi connectivity index (χ2v) is 6.25. The number of amides is 1. The lowest BCUT2D eigenvalue weighted by atomic mass is 9.86. The van der Waals surface area contributed by atoms with Gasteiger partial charge in [0.25, 0.3) is 0 Å². The molecular formula is C14H19BrClN3O. The Labute approximate surface area is 134 Å². The molecule has 3 rings (SSSR count). The van der Waals surface area contributed by atoms with Crippen LogP contribution in [0.15, 0.2) is 28.7 Å². The lowest BCUT2D eigenvalue weighted by Gasteiger charge is -2.40. The maximum absolute atomic E-state index is 12.6. The number of likely N-dealkylation sites (N-methyl/N-ethyl adjacent to an activating group) is 1. The first-order chi connectivity index (χ1) is 9.13. The minimum Gasteiger partial charge on any atom is -0.339 e. The van der Waals surface area contributed by atoms with Crippen LogP contribution in [0.5, 0.6) is 0 Å². The Kier molecular flexibility index (Phi) is 4.62. The molecule has 2 saturated heterocycles. The summed E-state index contributed by atoms with van der Waals surface area (Å²) >= 11 is 3.46. The summed E-state index contributed by atoms with van der Waals surface area (Å²) in [5.74, 6) is 0.261. The lowest BCUT2D eigenvalue weighted by Crippen LogP contribution is -2.55. The summed E-state index contributed by atoms with van der Waals surface area (Å²) in [7, 11) is 1.89. The topological polar surface area (TPSA) is 35.6 Å². The van der Waals surface area contributed by atoms with Gasteiger partial charge in [-0.25, -0.2) is 0 Å². The molecule has 0 radical (unpaired) electrons. The third-order valence-corrected chi connectivity index (χ3v) is 4.71. The molecule has 1 N–H and O–H groups in total. The highest BCUT2D eigenvalue weighted by Crippen LogP contribution is 2.37. The molecule has 6 heteroatoms. The SMILES string of the molecule is CN1CN(c2ccc(Br)cc2)C2(CCNCC2)C1=O.Cl.